The van der Waals surface area contributed by atoms with Crippen LogP contribution in [0.1, 0.15) is 103 Å². The van der Waals surface area contributed by atoms with E-state index in [9.17, 15) is 0 Å². The van der Waals surface area contributed by atoms with Crippen molar-refractivity contribution in [1.29, 1.82) is 0 Å². The normalized spacial score (nSPS) is 20.5. The highest BCUT2D eigenvalue weighted by atomic mass is 28.3. The van der Waals surface area contributed by atoms with Crippen LogP contribution >= 0.6 is 0 Å². The largest absolute Gasteiger partial charge is 0.179 e. The van der Waals surface area contributed by atoms with Gasteiger partial charge in [-0.25, -0.2) is 0 Å². The molecule has 0 saturated heterocycles. The van der Waals surface area contributed by atoms with E-state index in [4.69, 9.17) is 0 Å². The summed E-state index contributed by atoms with van der Waals surface area (Å²) >= 11 is 0. The number of fused-ring (bicyclic) bond motifs is 6. The Morgan fingerprint density at radius 3 is 1.00 bits per heavy atom. The lowest BCUT2D eigenvalue weighted by molar-refractivity contribution is 0.235. The fraction of sp³-hybridized carbons (Fsp3) is 0.333. The molecular weight excluding hydrogens is 677 g/mol. The molecule has 0 amide bonds. The van der Waals surface area contributed by atoms with Crippen LogP contribution in [-0.2, 0) is 10.8 Å². The summed E-state index contributed by atoms with van der Waals surface area (Å²) in [5, 5.41) is 5.87. The minimum Gasteiger partial charge on any atom is -0.0651 e. The van der Waals surface area contributed by atoms with Crippen molar-refractivity contribution in [3.63, 3.8) is 0 Å². The fourth-order valence-electron chi connectivity index (χ4n) is 11.9. The zero-order valence-electron chi connectivity index (χ0n) is 34.5. The first-order valence-corrected chi connectivity index (χ1v) is 23.4. The summed E-state index contributed by atoms with van der Waals surface area (Å²) in [6, 6.07) is 57.6. The Bertz CT molecular complexity index is 2110. The second-order valence-electron chi connectivity index (χ2n) is 17.1. The predicted molar refractivity (Wildman–Crippen MR) is 240 cm³/mol. The molecular formula is C54H60Si. The number of benzene rings is 6. The number of rotatable bonds is 12. The van der Waals surface area contributed by atoms with Crippen molar-refractivity contribution in [3.8, 4) is 22.3 Å². The molecule has 2 aliphatic rings. The van der Waals surface area contributed by atoms with Gasteiger partial charge in [0.1, 0.15) is 0 Å². The minimum absolute atomic E-state index is 0.0548. The van der Waals surface area contributed by atoms with Gasteiger partial charge in [0, 0.05) is 10.8 Å². The van der Waals surface area contributed by atoms with Crippen LogP contribution in [0.25, 0.3) is 22.3 Å². The number of hydrogen-bond acceptors (Lipinski definition) is 0. The molecule has 0 heterocycles. The maximum Gasteiger partial charge on any atom is 0.179 e. The van der Waals surface area contributed by atoms with E-state index < -0.39 is 8.07 Å². The Labute approximate surface area is 333 Å². The first kappa shape index (κ1) is 37.5. The molecule has 6 aromatic rings. The molecule has 280 valence electrons. The molecule has 0 spiro atoms. The Hall–Kier alpha value is -4.46. The van der Waals surface area contributed by atoms with Gasteiger partial charge >= 0.3 is 0 Å². The molecule has 0 N–H and O–H groups in total. The van der Waals surface area contributed by atoms with E-state index in [1.807, 2.05) is 0 Å². The SMILES string of the molecule is CCC(C)C1(C(C)CC)c2ccccc2-c2ccc([Si](c3ccccc3)(c3ccccc3)c3ccc4c(c3)C(C(C)CC)(C(C)CC)c3ccccc3-4)cc21. The molecule has 0 aliphatic heterocycles. The highest BCUT2D eigenvalue weighted by Crippen LogP contribution is 2.59. The predicted octanol–water partition coefficient (Wildman–Crippen LogP) is 11.8. The molecule has 1 heteroatoms. The summed E-state index contributed by atoms with van der Waals surface area (Å²) in [5.41, 5.74) is 11.8. The second kappa shape index (κ2) is 14.6. The third-order valence-electron chi connectivity index (χ3n) is 15.1. The summed E-state index contributed by atoms with van der Waals surface area (Å²) < 4.78 is 0. The van der Waals surface area contributed by atoms with E-state index >= 15 is 0 Å². The average Bonchev–Trinajstić information content (AvgIpc) is 3.71. The van der Waals surface area contributed by atoms with Gasteiger partial charge in [0.25, 0.3) is 0 Å². The molecule has 0 aromatic heterocycles. The third-order valence-corrected chi connectivity index (χ3v) is 19.8. The van der Waals surface area contributed by atoms with Crippen LogP contribution in [0.3, 0.4) is 0 Å². The van der Waals surface area contributed by atoms with Crippen LogP contribution in [0.2, 0.25) is 0 Å². The Morgan fingerprint density at radius 2 is 0.655 bits per heavy atom. The van der Waals surface area contributed by atoms with Gasteiger partial charge in [-0.15, -0.1) is 0 Å². The molecule has 4 atom stereocenters. The monoisotopic (exact) mass is 736 g/mol. The first-order chi connectivity index (χ1) is 26.8. The number of hydrogen-bond donors (Lipinski definition) is 0. The van der Waals surface area contributed by atoms with Gasteiger partial charge in [0.05, 0.1) is 0 Å². The van der Waals surface area contributed by atoms with Crippen LogP contribution in [0.5, 0.6) is 0 Å². The summed E-state index contributed by atoms with van der Waals surface area (Å²) in [4.78, 5) is 0. The fourth-order valence-corrected chi connectivity index (χ4v) is 16.7. The topological polar surface area (TPSA) is 0 Å². The van der Waals surface area contributed by atoms with Crippen molar-refractivity contribution < 1.29 is 0 Å². The molecule has 0 saturated carbocycles. The Kier molecular flexibility index (Phi) is 9.91. The maximum atomic E-state index is 2.73. The molecule has 55 heavy (non-hydrogen) atoms. The lowest BCUT2D eigenvalue weighted by atomic mass is 9.60. The van der Waals surface area contributed by atoms with E-state index in [-0.39, 0.29) is 10.8 Å². The second-order valence-corrected chi connectivity index (χ2v) is 20.9. The van der Waals surface area contributed by atoms with Crippen molar-refractivity contribution in [2.75, 3.05) is 0 Å². The maximum absolute atomic E-state index is 2.90. The summed E-state index contributed by atoms with van der Waals surface area (Å²) in [6.45, 7) is 19.7. The van der Waals surface area contributed by atoms with Crippen LogP contribution < -0.4 is 20.7 Å². The quantitative estimate of drug-likeness (QED) is 0.0867. The van der Waals surface area contributed by atoms with Crippen molar-refractivity contribution >= 4 is 28.8 Å². The average molecular weight is 737 g/mol. The first-order valence-electron chi connectivity index (χ1n) is 21.4. The van der Waals surface area contributed by atoms with Gasteiger partial charge in [-0.05, 0) is 88.9 Å². The van der Waals surface area contributed by atoms with Gasteiger partial charge in [0.15, 0.2) is 8.07 Å². The van der Waals surface area contributed by atoms with Crippen molar-refractivity contribution in [1.82, 2.24) is 0 Å². The Morgan fingerprint density at radius 1 is 0.345 bits per heavy atom. The molecule has 6 aromatic carbocycles. The highest BCUT2D eigenvalue weighted by Gasteiger charge is 2.53. The lowest BCUT2D eigenvalue weighted by Gasteiger charge is -2.44. The van der Waals surface area contributed by atoms with Crippen LogP contribution in [0, 0.1) is 23.7 Å². The third kappa shape index (κ3) is 5.14. The Balaban J connectivity index is 1.50. The summed E-state index contributed by atoms with van der Waals surface area (Å²) in [7, 11) is -2.90. The van der Waals surface area contributed by atoms with Crippen molar-refractivity contribution in [2.45, 2.75) is 91.9 Å². The van der Waals surface area contributed by atoms with Crippen molar-refractivity contribution in [2.24, 2.45) is 23.7 Å². The lowest BCUT2D eigenvalue weighted by Crippen LogP contribution is -2.75. The van der Waals surface area contributed by atoms with E-state index in [0.717, 1.165) is 25.7 Å². The van der Waals surface area contributed by atoms with E-state index in [0.29, 0.717) is 23.7 Å². The minimum atomic E-state index is -2.90. The molecule has 0 radical (unpaired) electrons. The highest BCUT2D eigenvalue weighted by molar-refractivity contribution is 7.20. The van der Waals surface area contributed by atoms with Gasteiger partial charge in [-0.3, -0.25) is 0 Å². The van der Waals surface area contributed by atoms with Crippen LogP contribution in [0.15, 0.2) is 146 Å². The molecule has 0 fully saturated rings. The van der Waals surface area contributed by atoms with E-state index in [1.165, 1.54) is 54.1 Å². The zero-order chi connectivity index (χ0) is 38.5. The molecule has 2 aliphatic carbocycles. The van der Waals surface area contributed by atoms with Crippen LogP contribution in [-0.4, -0.2) is 8.07 Å². The van der Waals surface area contributed by atoms with Gasteiger partial charge in [-0.2, -0.15) is 0 Å². The van der Waals surface area contributed by atoms with Gasteiger partial charge in [-0.1, -0.05) is 227 Å². The van der Waals surface area contributed by atoms with E-state index in [1.54, 1.807) is 11.1 Å². The molecule has 0 nitrogen and oxygen atoms in total. The van der Waals surface area contributed by atoms with Crippen LogP contribution in [0.4, 0.5) is 0 Å². The van der Waals surface area contributed by atoms with Gasteiger partial charge in [0.2, 0.25) is 0 Å². The smallest absolute Gasteiger partial charge is 0.0651 e. The summed E-state index contributed by atoms with van der Waals surface area (Å²) in [5.74, 6) is 1.98. The van der Waals surface area contributed by atoms with Crippen molar-refractivity contribution in [3.05, 3.63) is 168 Å². The molecule has 4 unspecified atom stereocenters. The van der Waals surface area contributed by atoms with Gasteiger partial charge < -0.3 is 0 Å². The summed E-state index contributed by atoms with van der Waals surface area (Å²) in [6.07, 6.45) is 4.56. The zero-order valence-corrected chi connectivity index (χ0v) is 35.5. The standard InChI is InChI=1S/C54H60Si/c1-9-37(5)53(38(6)10-2)49-29-21-19-27-45(49)47-33-31-43(35-51(47)53)55(41-23-15-13-16-24-41,42-25-17-14-18-26-42)44-32-34-48-46-28-20-22-30-50(46)54(39(7)11-3,40(8)12-4)52(48)36-44/h13-40H,9-12H2,1-8H3. The molecule has 8 rings (SSSR count). The van der Waals surface area contributed by atoms with E-state index in [2.05, 4.69) is 201 Å². The molecule has 0 bridgehead atoms.